The van der Waals surface area contributed by atoms with E-state index >= 15 is 0 Å². The summed E-state index contributed by atoms with van der Waals surface area (Å²) >= 11 is 14.4. The maximum absolute atomic E-state index is 8.14. The Hall–Kier alpha value is 0.750. The average Bonchev–Trinajstić information content (AvgIpc) is 1.91. The van der Waals surface area contributed by atoms with E-state index in [9.17, 15) is 0 Å². The van der Waals surface area contributed by atoms with Gasteiger partial charge in [0.05, 0.1) is 0 Å². The van der Waals surface area contributed by atoms with Crippen molar-refractivity contribution >= 4 is 34.8 Å². The van der Waals surface area contributed by atoms with E-state index in [4.69, 9.17) is 45.0 Å². The van der Waals surface area contributed by atoms with Crippen molar-refractivity contribution in [3.05, 3.63) is 0 Å². The van der Waals surface area contributed by atoms with Crippen LogP contribution in [0.2, 0.25) is 0 Å². The third-order valence-corrected chi connectivity index (χ3v) is 0.365. The highest BCUT2D eigenvalue weighted by atomic mass is 35.6. The van der Waals surface area contributed by atoms with Gasteiger partial charge in [-0.1, -0.05) is 48.7 Å². The largest absolute Gasteiger partial charge is 0.412 e. The Labute approximate surface area is 88.6 Å². The molecular formula is C6H17Cl3O3. The van der Waals surface area contributed by atoms with Gasteiger partial charge < -0.3 is 15.7 Å². The predicted molar refractivity (Wildman–Crippen MR) is 55.0 cm³/mol. The first-order chi connectivity index (χ1) is 5.00. The summed E-state index contributed by atoms with van der Waals surface area (Å²) in [5, 5.41) is 15.1. The van der Waals surface area contributed by atoms with Crippen LogP contribution < -0.4 is 0 Å². The van der Waals surface area contributed by atoms with E-state index < -0.39 is 4.30 Å². The van der Waals surface area contributed by atoms with E-state index in [0.717, 1.165) is 7.11 Å². The second-order valence-electron chi connectivity index (χ2n) is 1.82. The minimum Gasteiger partial charge on any atom is -0.412 e. The first-order valence-electron chi connectivity index (χ1n) is 2.98. The first-order valence-corrected chi connectivity index (χ1v) is 4.29. The van der Waals surface area contributed by atoms with Crippen molar-refractivity contribution in [2.45, 2.75) is 18.1 Å². The molecule has 0 amide bonds. The van der Waals surface area contributed by atoms with Crippen molar-refractivity contribution in [3.8, 4) is 0 Å². The van der Waals surface area contributed by atoms with Crippen LogP contribution in [0.1, 0.15) is 13.8 Å². The van der Waals surface area contributed by atoms with Gasteiger partial charge in [-0.15, -0.1) is 0 Å². The Morgan fingerprint density at radius 3 is 1.17 bits per heavy atom. The van der Waals surface area contributed by atoms with Crippen LogP contribution in [0.4, 0.5) is 0 Å². The van der Waals surface area contributed by atoms with Gasteiger partial charge in [0.25, 0.3) is 0 Å². The lowest BCUT2D eigenvalue weighted by molar-refractivity contribution is 0.248. The summed E-state index contributed by atoms with van der Waals surface area (Å²) in [7, 11) is 1.00. The van der Waals surface area contributed by atoms with Gasteiger partial charge in [-0.05, 0) is 5.92 Å². The number of aliphatic hydroxyl groups excluding tert-OH is 2. The molecule has 0 aliphatic carbocycles. The maximum atomic E-state index is 8.14. The van der Waals surface area contributed by atoms with E-state index in [-0.39, 0.29) is 5.48 Å². The highest BCUT2D eigenvalue weighted by Crippen LogP contribution is 2.03. The molecule has 3 nitrogen and oxygen atoms in total. The van der Waals surface area contributed by atoms with E-state index in [1.165, 1.54) is 0 Å². The van der Waals surface area contributed by atoms with E-state index in [1.54, 1.807) is 0 Å². The van der Waals surface area contributed by atoms with E-state index in [1.807, 2.05) is 13.8 Å². The molecule has 0 aromatic carbocycles. The zero-order valence-electron chi connectivity index (χ0n) is 7.39. The minimum atomic E-state index is -0.750. The van der Waals surface area contributed by atoms with Crippen molar-refractivity contribution in [3.63, 3.8) is 0 Å². The molecule has 0 saturated carbocycles. The Kier molecular flexibility index (Phi) is 43.3. The van der Waals surface area contributed by atoms with Crippen LogP contribution in [0, 0.1) is 5.92 Å². The van der Waals surface area contributed by atoms with Crippen LogP contribution in [-0.2, 0) is 0 Å². The lowest BCUT2D eigenvalue weighted by Crippen LogP contribution is -1.90. The molecular weight excluding hydrogens is 226 g/mol. The highest BCUT2D eigenvalue weighted by Gasteiger charge is 1.81. The van der Waals surface area contributed by atoms with E-state index in [0.29, 0.717) is 12.5 Å². The van der Waals surface area contributed by atoms with Crippen LogP contribution in [0.15, 0.2) is 0 Å². The summed E-state index contributed by atoms with van der Waals surface area (Å²) in [4.78, 5) is 0. The second-order valence-corrected chi connectivity index (χ2v) is 3.80. The molecule has 0 bridgehead atoms. The monoisotopic (exact) mass is 242 g/mol. The third-order valence-electron chi connectivity index (χ3n) is 0.365. The third kappa shape index (κ3) is 135. The Balaban J connectivity index is -0.0000000419. The Bertz CT molecular complexity index is 50.5. The minimum absolute atomic E-state index is 0. The molecule has 0 aliphatic rings. The zero-order chi connectivity index (χ0) is 9.86. The maximum Gasteiger partial charge on any atom is 0.180 e. The van der Waals surface area contributed by atoms with Gasteiger partial charge in [-0.25, -0.2) is 0 Å². The van der Waals surface area contributed by atoms with Crippen molar-refractivity contribution < 1.29 is 15.7 Å². The van der Waals surface area contributed by atoms with Gasteiger partial charge in [-0.2, -0.15) is 0 Å². The first kappa shape index (κ1) is 23.0. The van der Waals surface area contributed by atoms with Crippen molar-refractivity contribution in [2.75, 3.05) is 13.7 Å². The van der Waals surface area contributed by atoms with Crippen molar-refractivity contribution in [1.29, 1.82) is 0 Å². The summed E-state index contributed by atoms with van der Waals surface area (Å²) in [6, 6.07) is 0. The van der Waals surface area contributed by atoms with Crippen LogP contribution in [-0.4, -0.2) is 33.7 Å². The molecule has 0 fully saturated rings. The standard InChI is InChI=1S/C4H10O.CHCl3.CH4O.H2O/c1-4(2)3-5;2-1(3)4;1-2;/h4-5H,3H2,1-2H3;1H;2H,1H3;1H2. The molecule has 0 aliphatic heterocycles. The number of hydrogen-bond acceptors (Lipinski definition) is 2. The van der Waals surface area contributed by atoms with Crippen molar-refractivity contribution in [2.24, 2.45) is 5.92 Å². The van der Waals surface area contributed by atoms with Crippen LogP contribution in [0.25, 0.3) is 0 Å². The van der Waals surface area contributed by atoms with Crippen LogP contribution in [0.5, 0.6) is 0 Å². The van der Waals surface area contributed by atoms with E-state index in [2.05, 4.69) is 0 Å². The molecule has 0 aromatic heterocycles. The molecule has 6 heteroatoms. The molecule has 0 spiro atoms. The van der Waals surface area contributed by atoms with Gasteiger partial charge in [0.15, 0.2) is 4.30 Å². The van der Waals surface area contributed by atoms with Crippen LogP contribution >= 0.6 is 34.8 Å². The number of rotatable bonds is 1. The molecule has 0 aromatic rings. The molecule has 0 heterocycles. The fraction of sp³-hybridized carbons (Fsp3) is 1.00. The molecule has 80 valence electrons. The molecule has 0 saturated heterocycles. The summed E-state index contributed by atoms with van der Waals surface area (Å²) in [6.45, 7) is 4.25. The van der Waals surface area contributed by atoms with Crippen molar-refractivity contribution in [1.82, 2.24) is 0 Å². The quantitative estimate of drug-likeness (QED) is 0.684. The van der Waals surface area contributed by atoms with Crippen LogP contribution in [0.3, 0.4) is 0 Å². The number of halogens is 3. The smallest absolute Gasteiger partial charge is 0.180 e. The highest BCUT2D eigenvalue weighted by molar-refractivity contribution is 6.63. The molecule has 0 unspecified atom stereocenters. The Morgan fingerprint density at radius 2 is 1.17 bits per heavy atom. The lowest BCUT2D eigenvalue weighted by atomic mass is 10.2. The van der Waals surface area contributed by atoms with Gasteiger partial charge in [0.2, 0.25) is 0 Å². The molecule has 12 heavy (non-hydrogen) atoms. The summed E-state index contributed by atoms with van der Waals surface area (Å²) in [5.41, 5.74) is 0. The number of hydrogen-bond donors (Lipinski definition) is 2. The SMILES string of the molecule is CC(C)CO.CO.ClC(Cl)Cl.O. The normalized spacial score (nSPS) is 7.50. The number of aliphatic hydroxyl groups is 2. The Morgan fingerprint density at radius 1 is 1.08 bits per heavy atom. The average molecular weight is 244 g/mol. The fourth-order valence-corrected chi connectivity index (χ4v) is 0. The fourth-order valence-electron chi connectivity index (χ4n) is 0. The summed E-state index contributed by atoms with van der Waals surface area (Å²) in [5.74, 6) is 0.440. The summed E-state index contributed by atoms with van der Waals surface area (Å²) < 4.78 is -0.750. The zero-order valence-corrected chi connectivity index (χ0v) is 9.66. The number of alkyl halides is 3. The topological polar surface area (TPSA) is 72.0 Å². The van der Waals surface area contributed by atoms with Gasteiger partial charge in [0, 0.05) is 13.7 Å². The lowest BCUT2D eigenvalue weighted by Gasteiger charge is -1.90. The predicted octanol–water partition coefficient (Wildman–Crippen LogP) is 1.40. The molecule has 0 radical (unpaired) electrons. The molecule has 0 atom stereocenters. The summed E-state index contributed by atoms with van der Waals surface area (Å²) in [6.07, 6.45) is 0. The second kappa shape index (κ2) is 22.6. The molecule has 0 rings (SSSR count). The van der Waals surface area contributed by atoms with Gasteiger partial charge in [0.1, 0.15) is 0 Å². The van der Waals surface area contributed by atoms with Gasteiger partial charge >= 0.3 is 0 Å². The van der Waals surface area contributed by atoms with Gasteiger partial charge in [-0.3, -0.25) is 0 Å². The molecule has 4 N–H and O–H groups in total.